The van der Waals surface area contributed by atoms with Gasteiger partial charge < -0.3 is 10.2 Å². The summed E-state index contributed by atoms with van der Waals surface area (Å²) >= 11 is 1.67. The minimum Gasteiger partial charge on any atom is -0.420 e. The molecule has 2 heterocycles. The molecule has 0 fully saturated rings. The number of rotatable bonds is 3. The SMILES string of the molecule is Cc1cc(-c2nnc(CCN)o2)sc1C. The maximum absolute atomic E-state index is 5.49. The van der Waals surface area contributed by atoms with E-state index in [0.717, 1.165) is 4.88 Å². The van der Waals surface area contributed by atoms with Gasteiger partial charge in [-0.1, -0.05) is 0 Å². The molecule has 0 aliphatic carbocycles. The number of thiophene rings is 1. The van der Waals surface area contributed by atoms with Crippen LogP contribution in [0.3, 0.4) is 0 Å². The van der Waals surface area contributed by atoms with Gasteiger partial charge in [0.05, 0.1) is 4.88 Å². The molecule has 0 saturated carbocycles. The summed E-state index contributed by atoms with van der Waals surface area (Å²) in [5, 5.41) is 7.93. The standard InChI is InChI=1S/C10H13N3OS/c1-6-5-8(15-7(6)2)10-13-12-9(14-10)3-4-11/h5H,3-4,11H2,1-2H3. The van der Waals surface area contributed by atoms with Crippen molar-refractivity contribution in [2.75, 3.05) is 6.54 Å². The highest BCUT2D eigenvalue weighted by molar-refractivity contribution is 7.15. The molecule has 0 unspecified atom stereocenters. The minimum absolute atomic E-state index is 0.532. The molecule has 5 heteroatoms. The molecule has 0 aliphatic rings. The number of nitrogens with two attached hydrogens (primary N) is 1. The van der Waals surface area contributed by atoms with Crippen LogP contribution in [0.1, 0.15) is 16.3 Å². The first-order valence-corrected chi connectivity index (χ1v) is 5.62. The summed E-state index contributed by atoms with van der Waals surface area (Å²) in [7, 11) is 0. The van der Waals surface area contributed by atoms with E-state index in [9.17, 15) is 0 Å². The summed E-state index contributed by atoms with van der Waals surface area (Å²) in [5.74, 6) is 1.20. The zero-order valence-electron chi connectivity index (χ0n) is 8.78. The monoisotopic (exact) mass is 223 g/mol. The van der Waals surface area contributed by atoms with Gasteiger partial charge in [0.2, 0.25) is 5.89 Å². The lowest BCUT2D eigenvalue weighted by Gasteiger charge is -1.87. The van der Waals surface area contributed by atoms with Crippen molar-refractivity contribution < 1.29 is 4.42 Å². The van der Waals surface area contributed by atoms with E-state index in [1.807, 2.05) is 0 Å². The Labute approximate surface area is 92.1 Å². The van der Waals surface area contributed by atoms with Gasteiger partial charge in [-0.2, -0.15) is 0 Å². The molecule has 15 heavy (non-hydrogen) atoms. The van der Waals surface area contributed by atoms with E-state index in [1.165, 1.54) is 10.4 Å². The molecule has 0 spiro atoms. The van der Waals surface area contributed by atoms with Crippen LogP contribution in [0, 0.1) is 13.8 Å². The second-order valence-corrected chi connectivity index (χ2v) is 4.65. The van der Waals surface area contributed by atoms with Crippen molar-refractivity contribution in [3.8, 4) is 10.8 Å². The molecule has 0 aromatic carbocycles. The normalized spacial score (nSPS) is 10.9. The molecule has 0 bridgehead atoms. The fraction of sp³-hybridized carbons (Fsp3) is 0.400. The van der Waals surface area contributed by atoms with Gasteiger partial charge >= 0.3 is 0 Å². The quantitative estimate of drug-likeness (QED) is 0.863. The molecule has 2 aromatic heterocycles. The molecular formula is C10H13N3OS. The molecule has 2 rings (SSSR count). The number of aryl methyl sites for hydroxylation is 2. The van der Waals surface area contributed by atoms with Crippen LogP contribution in [0.4, 0.5) is 0 Å². The van der Waals surface area contributed by atoms with Gasteiger partial charge in [0.25, 0.3) is 5.89 Å². The predicted octanol–water partition coefficient (Wildman–Crippen LogP) is 1.92. The van der Waals surface area contributed by atoms with E-state index in [1.54, 1.807) is 11.3 Å². The summed E-state index contributed by atoms with van der Waals surface area (Å²) in [6, 6.07) is 2.07. The average Bonchev–Trinajstić information content (AvgIpc) is 2.76. The van der Waals surface area contributed by atoms with Crippen LogP contribution in [0.2, 0.25) is 0 Å². The highest BCUT2D eigenvalue weighted by Crippen LogP contribution is 2.29. The first-order chi connectivity index (χ1) is 7.20. The number of aromatic nitrogens is 2. The van der Waals surface area contributed by atoms with Crippen molar-refractivity contribution in [1.82, 2.24) is 10.2 Å². The van der Waals surface area contributed by atoms with Crippen molar-refractivity contribution in [1.29, 1.82) is 0 Å². The maximum atomic E-state index is 5.49. The van der Waals surface area contributed by atoms with Crippen molar-refractivity contribution in [2.45, 2.75) is 20.3 Å². The summed E-state index contributed by atoms with van der Waals surface area (Å²) in [6.45, 7) is 4.69. The third-order valence-corrected chi connectivity index (χ3v) is 3.34. The lowest BCUT2D eigenvalue weighted by Crippen LogP contribution is -2.02. The number of nitrogens with zero attached hydrogens (tertiary/aromatic N) is 2. The molecule has 2 N–H and O–H groups in total. The van der Waals surface area contributed by atoms with E-state index >= 15 is 0 Å². The Kier molecular flexibility index (Phi) is 2.83. The zero-order valence-corrected chi connectivity index (χ0v) is 9.60. The third kappa shape index (κ3) is 2.08. The van der Waals surface area contributed by atoms with E-state index in [4.69, 9.17) is 10.2 Å². The van der Waals surface area contributed by atoms with E-state index in [0.29, 0.717) is 24.7 Å². The highest BCUT2D eigenvalue weighted by atomic mass is 32.1. The Morgan fingerprint density at radius 1 is 1.40 bits per heavy atom. The smallest absolute Gasteiger partial charge is 0.257 e. The Bertz CT molecular complexity index is 441. The molecular weight excluding hydrogens is 210 g/mol. The minimum atomic E-state index is 0.532. The van der Waals surface area contributed by atoms with Crippen molar-refractivity contribution >= 4 is 11.3 Å². The molecule has 0 amide bonds. The summed E-state index contributed by atoms with van der Waals surface area (Å²) in [4.78, 5) is 2.31. The summed E-state index contributed by atoms with van der Waals surface area (Å²) in [6.07, 6.45) is 0.635. The predicted molar refractivity (Wildman–Crippen MR) is 59.8 cm³/mol. The molecule has 0 atom stereocenters. The second-order valence-electron chi connectivity index (χ2n) is 3.39. The Balaban J connectivity index is 2.28. The summed E-state index contributed by atoms with van der Waals surface area (Å²) < 4.78 is 5.49. The van der Waals surface area contributed by atoms with Crippen molar-refractivity contribution in [2.24, 2.45) is 5.73 Å². The molecule has 2 aromatic rings. The number of hydrogen-bond acceptors (Lipinski definition) is 5. The highest BCUT2D eigenvalue weighted by Gasteiger charge is 2.11. The van der Waals surface area contributed by atoms with Gasteiger partial charge in [0, 0.05) is 17.8 Å². The maximum Gasteiger partial charge on any atom is 0.257 e. The lowest BCUT2D eigenvalue weighted by atomic mass is 10.3. The number of hydrogen-bond donors (Lipinski definition) is 1. The van der Waals surface area contributed by atoms with E-state index in [2.05, 4.69) is 30.1 Å². The molecule has 0 saturated heterocycles. The van der Waals surface area contributed by atoms with Crippen LogP contribution in [-0.4, -0.2) is 16.7 Å². The van der Waals surface area contributed by atoms with Gasteiger partial charge in [0.15, 0.2) is 0 Å². The largest absolute Gasteiger partial charge is 0.420 e. The van der Waals surface area contributed by atoms with Crippen LogP contribution in [0.5, 0.6) is 0 Å². The second kappa shape index (κ2) is 4.12. The summed E-state index contributed by atoms with van der Waals surface area (Å²) in [5.41, 5.74) is 6.67. The van der Waals surface area contributed by atoms with Crippen LogP contribution in [0.15, 0.2) is 10.5 Å². The topological polar surface area (TPSA) is 64.9 Å². The molecule has 0 aliphatic heterocycles. The van der Waals surface area contributed by atoms with E-state index < -0.39 is 0 Å². The van der Waals surface area contributed by atoms with Crippen LogP contribution >= 0.6 is 11.3 Å². The molecule has 0 radical (unpaired) electrons. The first-order valence-electron chi connectivity index (χ1n) is 4.80. The third-order valence-electron chi connectivity index (χ3n) is 2.20. The van der Waals surface area contributed by atoms with E-state index in [-0.39, 0.29) is 0 Å². The Morgan fingerprint density at radius 2 is 2.20 bits per heavy atom. The van der Waals surface area contributed by atoms with Crippen molar-refractivity contribution in [3.63, 3.8) is 0 Å². The lowest BCUT2D eigenvalue weighted by molar-refractivity contribution is 0.508. The van der Waals surface area contributed by atoms with Gasteiger partial charge in [-0.05, 0) is 25.5 Å². The average molecular weight is 223 g/mol. The van der Waals surface area contributed by atoms with Gasteiger partial charge in [-0.15, -0.1) is 21.5 Å². The molecule has 4 nitrogen and oxygen atoms in total. The van der Waals surface area contributed by atoms with Crippen LogP contribution in [0.25, 0.3) is 10.8 Å². The first kappa shape index (κ1) is 10.3. The zero-order chi connectivity index (χ0) is 10.8. The fourth-order valence-corrected chi connectivity index (χ4v) is 2.21. The van der Waals surface area contributed by atoms with Gasteiger partial charge in [-0.25, -0.2) is 0 Å². The van der Waals surface area contributed by atoms with Crippen molar-refractivity contribution in [3.05, 3.63) is 22.4 Å². The molecule has 80 valence electrons. The Morgan fingerprint density at radius 3 is 2.80 bits per heavy atom. The van der Waals surface area contributed by atoms with Gasteiger partial charge in [0.1, 0.15) is 0 Å². The van der Waals surface area contributed by atoms with Crippen LogP contribution < -0.4 is 5.73 Å². The van der Waals surface area contributed by atoms with Crippen LogP contribution in [-0.2, 0) is 6.42 Å². The Hall–Kier alpha value is -1.20. The fourth-order valence-electron chi connectivity index (χ4n) is 1.26. The van der Waals surface area contributed by atoms with Gasteiger partial charge in [-0.3, -0.25) is 0 Å².